The molecule has 0 radical (unpaired) electrons. The number of allylic oxidation sites excluding steroid dienone is 2. The third kappa shape index (κ3) is 3.66. The topological polar surface area (TPSA) is 63.6 Å². The summed E-state index contributed by atoms with van der Waals surface area (Å²) in [6, 6.07) is 16.7. The Morgan fingerprint density at radius 3 is 2.41 bits per heavy atom. The molecule has 4 heteroatoms. The van der Waals surface area contributed by atoms with Crippen LogP contribution in [-0.2, 0) is 4.79 Å². The lowest BCUT2D eigenvalue weighted by Crippen LogP contribution is -2.21. The van der Waals surface area contributed by atoms with E-state index in [1.165, 1.54) is 0 Å². The molecule has 0 fully saturated rings. The largest absolute Gasteiger partial charge is 0.478 e. The van der Waals surface area contributed by atoms with E-state index >= 15 is 0 Å². The van der Waals surface area contributed by atoms with E-state index in [1.807, 2.05) is 42.5 Å². The molecule has 0 heterocycles. The van der Waals surface area contributed by atoms with Crippen LogP contribution in [-0.4, -0.2) is 17.0 Å². The van der Waals surface area contributed by atoms with E-state index in [0.717, 1.165) is 34.7 Å². The average molecular weight is 386 g/mol. The van der Waals surface area contributed by atoms with Crippen LogP contribution >= 0.6 is 0 Å². The monoisotopic (exact) mass is 386 g/mol. The van der Waals surface area contributed by atoms with Gasteiger partial charge >= 0.3 is 11.9 Å². The van der Waals surface area contributed by atoms with Crippen molar-refractivity contribution in [2.45, 2.75) is 26.2 Å². The third-order valence-corrected chi connectivity index (χ3v) is 5.53. The number of carbonyl (C=O) groups excluding carboxylic acids is 1. The fraction of sp³-hybridized carbons (Fsp3) is 0.200. The van der Waals surface area contributed by atoms with Gasteiger partial charge in [0, 0.05) is 5.39 Å². The van der Waals surface area contributed by atoms with Crippen molar-refractivity contribution in [1.82, 2.24) is 0 Å². The number of hydrogen-bond acceptors (Lipinski definition) is 3. The number of carbonyl (C=O) groups is 2. The van der Waals surface area contributed by atoms with Crippen molar-refractivity contribution in [2.24, 2.45) is 5.92 Å². The first-order valence-electron chi connectivity index (χ1n) is 9.78. The molecule has 3 aromatic rings. The molecule has 0 saturated heterocycles. The fourth-order valence-electron chi connectivity index (χ4n) is 3.97. The van der Waals surface area contributed by atoms with Crippen molar-refractivity contribution in [3.05, 3.63) is 77.9 Å². The molecule has 146 valence electrons. The molecule has 1 unspecified atom stereocenters. The molecule has 0 amide bonds. The summed E-state index contributed by atoms with van der Waals surface area (Å²) in [7, 11) is 0. The van der Waals surface area contributed by atoms with Crippen LogP contribution in [0.3, 0.4) is 0 Å². The minimum Gasteiger partial charge on any atom is -0.478 e. The number of carboxylic acid groups (broad SMARTS) is 1. The van der Waals surface area contributed by atoms with Crippen molar-refractivity contribution < 1.29 is 19.4 Å². The van der Waals surface area contributed by atoms with E-state index in [9.17, 15) is 14.7 Å². The van der Waals surface area contributed by atoms with Gasteiger partial charge < -0.3 is 9.84 Å². The maximum Gasteiger partial charge on any atom is 0.335 e. The minimum absolute atomic E-state index is 0.125. The van der Waals surface area contributed by atoms with Gasteiger partial charge in [-0.1, -0.05) is 54.6 Å². The maximum absolute atomic E-state index is 12.7. The number of esters is 1. The predicted molar refractivity (Wildman–Crippen MR) is 113 cm³/mol. The van der Waals surface area contributed by atoms with Gasteiger partial charge in [-0.25, -0.2) is 4.79 Å². The molecular weight excluding hydrogens is 364 g/mol. The summed E-state index contributed by atoms with van der Waals surface area (Å²) in [6.07, 6.45) is 6.52. The van der Waals surface area contributed by atoms with E-state index < -0.39 is 5.97 Å². The molecule has 1 N–H and O–H groups in total. The predicted octanol–water partition coefficient (Wildman–Crippen LogP) is 5.78. The summed E-state index contributed by atoms with van der Waals surface area (Å²) in [6.45, 7) is 1.81. The van der Waals surface area contributed by atoms with Gasteiger partial charge in [0.15, 0.2) is 0 Å². The molecule has 0 aromatic heterocycles. The first-order chi connectivity index (χ1) is 14.1. The number of aromatic carboxylic acids is 1. The van der Waals surface area contributed by atoms with Crippen molar-refractivity contribution in [1.29, 1.82) is 0 Å². The van der Waals surface area contributed by atoms with Crippen LogP contribution in [0.15, 0.2) is 66.7 Å². The van der Waals surface area contributed by atoms with E-state index in [0.29, 0.717) is 17.7 Å². The highest BCUT2D eigenvalue weighted by Crippen LogP contribution is 2.38. The Balaban J connectivity index is 1.83. The highest BCUT2D eigenvalue weighted by Gasteiger charge is 2.22. The highest BCUT2D eigenvalue weighted by molar-refractivity contribution is 6.03. The van der Waals surface area contributed by atoms with Gasteiger partial charge in [0.2, 0.25) is 0 Å². The zero-order valence-corrected chi connectivity index (χ0v) is 16.2. The summed E-state index contributed by atoms with van der Waals surface area (Å²) in [5, 5.41) is 11.3. The molecule has 1 aliphatic carbocycles. The molecule has 29 heavy (non-hydrogen) atoms. The number of benzene rings is 3. The number of rotatable bonds is 4. The Hall–Kier alpha value is -3.40. The Morgan fingerprint density at radius 2 is 1.69 bits per heavy atom. The third-order valence-electron chi connectivity index (χ3n) is 5.53. The Labute approximate surface area is 169 Å². The molecule has 4 rings (SSSR count). The lowest BCUT2D eigenvalue weighted by molar-refractivity contribution is -0.139. The SMILES string of the molecule is Cc1c(C(=O)O)cccc1-c1cccc2cccc(OC(=O)C3CC=CCC3)c12. The van der Waals surface area contributed by atoms with E-state index in [4.69, 9.17) is 4.74 Å². The molecule has 1 atom stereocenters. The van der Waals surface area contributed by atoms with Gasteiger partial charge in [-0.05, 0) is 60.4 Å². The first-order valence-corrected chi connectivity index (χ1v) is 9.78. The number of ether oxygens (including phenoxy) is 1. The van der Waals surface area contributed by atoms with Crippen molar-refractivity contribution in [3.63, 3.8) is 0 Å². The molecule has 0 bridgehead atoms. The second-order valence-electron chi connectivity index (χ2n) is 7.35. The normalized spacial score (nSPS) is 16.0. The number of carboxylic acids is 1. The smallest absolute Gasteiger partial charge is 0.335 e. The summed E-state index contributed by atoms with van der Waals surface area (Å²) >= 11 is 0. The van der Waals surface area contributed by atoms with Gasteiger partial charge in [-0.3, -0.25) is 4.79 Å². The van der Waals surface area contributed by atoms with Crippen LogP contribution in [0.5, 0.6) is 5.75 Å². The fourth-order valence-corrected chi connectivity index (χ4v) is 3.97. The summed E-state index contributed by atoms with van der Waals surface area (Å²) in [5.74, 6) is -0.786. The van der Waals surface area contributed by atoms with E-state index in [2.05, 4.69) is 6.08 Å². The van der Waals surface area contributed by atoms with Crippen LogP contribution in [0.4, 0.5) is 0 Å². The summed E-state index contributed by atoms with van der Waals surface area (Å²) in [5.41, 5.74) is 2.63. The van der Waals surface area contributed by atoms with Gasteiger partial charge in [0.1, 0.15) is 5.75 Å². The van der Waals surface area contributed by atoms with Crippen LogP contribution in [0, 0.1) is 12.8 Å². The Morgan fingerprint density at radius 1 is 0.966 bits per heavy atom. The van der Waals surface area contributed by atoms with Crippen LogP contribution in [0.1, 0.15) is 35.2 Å². The highest BCUT2D eigenvalue weighted by atomic mass is 16.5. The quantitative estimate of drug-likeness (QED) is 0.351. The van der Waals surface area contributed by atoms with Crippen LogP contribution in [0.25, 0.3) is 21.9 Å². The molecule has 1 aliphatic rings. The average Bonchev–Trinajstić information content (AvgIpc) is 2.74. The second-order valence-corrected chi connectivity index (χ2v) is 7.35. The Bertz CT molecular complexity index is 1120. The van der Waals surface area contributed by atoms with Crippen molar-refractivity contribution in [2.75, 3.05) is 0 Å². The standard InChI is InChI=1S/C25H22O4/c1-16-19(12-7-13-20(16)24(26)27)21-14-5-10-17-11-6-15-22(23(17)21)29-25(28)18-8-3-2-4-9-18/h2-3,5-7,10-15,18H,4,8-9H2,1H3,(H,26,27). The van der Waals surface area contributed by atoms with Crippen LogP contribution < -0.4 is 4.74 Å². The number of fused-ring (bicyclic) bond motifs is 1. The van der Waals surface area contributed by atoms with Gasteiger partial charge in [-0.2, -0.15) is 0 Å². The molecule has 0 spiro atoms. The summed E-state index contributed by atoms with van der Waals surface area (Å²) < 4.78 is 5.86. The zero-order valence-electron chi connectivity index (χ0n) is 16.2. The van der Waals surface area contributed by atoms with Gasteiger partial charge in [0.25, 0.3) is 0 Å². The first kappa shape index (κ1) is 18.9. The number of hydrogen-bond donors (Lipinski definition) is 1. The maximum atomic E-state index is 12.7. The lowest BCUT2D eigenvalue weighted by Gasteiger charge is -2.18. The van der Waals surface area contributed by atoms with E-state index in [1.54, 1.807) is 25.1 Å². The van der Waals surface area contributed by atoms with E-state index in [-0.39, 0.29) is 17.5 Å². The lowest BCUT2D eigenvalue weighted by atomic mass is 9.92. The molecule has 4 nitrogen and oxygen atoms in total. The van der Waals surface area contributed by atoms with Crippen molar-refractivity contribution >= 4 is 22.7 Å². The summed E-state index contributed by atoms with van der Waals surface area (Å²) in [4.78, 5) is 24.3. The van der Waals surface area contributed by atoms with Gasteiger partial charge in [0.05, 0.1) is 11.5 Å². The van der Waals surface area contributed by atoms with Crippen LogP contribution in [0.2, 0.25) is 0 Å². The second kappa shape index (κ2) is 7.92. The molecule has 0 saturated carbocycles. The Kier molecular flexibility index (Phi) is 5.17. The molecular formula is C25H22O4. The zero-order chi connectivity index (χ0) is 20.4. The molecule has 3 aromatic carbocycles. The minimum atomic E-state index is -0.957. The van der Waals surface area contributed by atoms with Crippen molar-refractivity contribution in [3.8, 4) is 16.9 Å². The van der Waals surface area contributed by atoms with Gasteiger partial charge in [-0.15, -0.1) is 0 Å². The molecule has 0 aliphatic heterocycles.